The lowest BCUT2D eigenvalue weighted by molar-refractivity contribution is -0.320. The summed E-state index contributed by atoms with van der Waals surface area (Å²) in [7, 11) is 0. The molecule has 0 spiro atoms. The van der Waals surface area contributed by atoms with E-state index in [1.807, 2.05) is 0 Å². The summed E-state index contributed by atoms with van der Waals surface area (Å²) in [4.78, 5) is -5.43. The highest BCUT2D eigenvalue weighted by molar-refractivity contribution is 9.10. The van der Waals surface area contributed by atoms with Crippen molar-refractivity contribution in [1.29, 1.82) is 0 Å². The molecule has 0 fully saturated rings. The van der Waals surface area contributed by atoms with Crippen molar-refractivity contribution in [2.24, 2.45) is 0 Å². The zero-order valence-electron chi connectivity index (χ0n) is 7.64. The predicted molar refractivity (Wildman–Crippen MR) is 40.1 cm³/mol. The van der Waals surface area contributed by atoms with Gasteiger partial charge in [-0.15, -0.1) is 0 Å². The van der Waals surface area contributed by atoms with Crippen LogP contribution < -0.4 is 0 Å². The summed E-state index contributed by atoms with van der Waals surface area (Å²) >= 11 is 0.964. The van der Waals surface area contributed by atoms with Crippen molar-refractivity contribution in [3.63, 3.8) is 0 Å². The minimum atomic E-state index is -6.24. The van der Waals surface area contributed by atoms with Crippen LogP contribution in [-0.4, -0.2) is 23.0 Å². The zero-order chi connectivity index (χ0) is 14.9. The van der Waals surface area contributed by atoms with Gasteiger partial charge in [0.15, 0.2) is 0 Å². The maximum absolute atomic E-state index is 13.1. The Bertz CT molecular complexity index is 328. The highest BCUT2D eigenvalue weighted by Crippen LogP contribution is 2.48. The molecule has 18 heavy (non-hydrogen) atoms. The number of hydrogen-bond donors (Lipinski definition) is 0. The van der Waals surface area contributed by atoms with Crippen LogP contribution in [0.1, 0.15) is 0 Å². The summed E-state index contributed by atoms with van der Waals surface area (Å²) in [5.74, 6) is -5.74. The highest BCUT2D eigenvalue weighted by Gasteiger charge is 2.70. The molecule has 2 unspecified atom stereocenters. The Kier molecular flexibility index (Phi) is 4.94. The Morgan fingerprint density at radius 3 is 1.56 bits per heavy atom. The minimum absolute atomic E-state index is 0.964. The smallest absolute Gasteiger partial charge is 0.420 e. The van der Waals surface area contributed by atoms with Gasteiger partial charge in [0.1, 0.15) is 0 Å². The molecule has 0 aromatic carbocycles. The number of ether oxygens (including phenoxy) is 1. The van der Waals surface area contributed by atoms with Crippen molar-refractivity contribution in [1.82, 2.24) is 0 Å². The Morgan fingerprint density at radius 1 is 0.944 bits per heavy atom. The van der Waals surface area contributed by atoms with Crippen molar-refractivity contribution in [2.45, 2.75) is 23.0 Å². The number of rotatable bonds is 4. The van der Waals surface area contributed by atoms with E-state index in [0.717, 1.165) is 15.9 Å². The Balaban J connectivity index is 5.56. The molecule has 0 N–H and O–H groups in total. The fourth-order valence-corrected chi connectivity index (χ4v) is 0.915. The van der Waals surface area contributed by atoms with Crippen LogP contribution in [-0.2, 0) is 4.74 Å². The third-order valence-electron chi connectivity index (χ3n) is 1.39. The van der Waals surface area contributed by atoms with Gasteiger partial charge < -0.3 is 4.74 Å². The van der Waals surface area contributed by atoms with Crippen LogP contribution in [0.2, 0.25) is 0 Å². The Morgan fingerprint density at radius 2 is 1.33 bits per heavy atom. The second-order valence-corrected chi connectivity index (χ2v) is 3.68. The molecule has 108 valence electrons. The molecule has 0 aromatic rings. The average molecular weight is 359 g/mol. The first-order valence-electron chi connectivity index (χ1n) is 3.59. The minimum Gasteiger partial charge on any atom is -0.420 e. The van der Waals surface area contributed by atoms with Gasteiger partial charge in [-0.1, -0.05) is 0 Å². The normalized spacial score (nSPS) is 17.9. The van der Waals surface area contributed by atoms with Gasteiger partial charge in [-0.25, -0.2) is 4.39 Å². The van der Waals surface area contributed by atoms with Crippen molar-refractivity contribution in [3.8, 4) is 0 Å². The highest BCUT2D eigenvalue weighted by atomic mass is 79.9. The van der Waals surface area contributed by atoms with Crippen molar-refractivity contribution >= 4 is 15.9 Å². The average Bonchev–Trinajstić information content (AvgIpc) is 2.12. The first-order chi connectivity index (χ1) is 7.73. The predicted octanol–water partition coefficient (Wildman–Crippen LogP) is 4.59. The van der Waals surface area contributed by atoms with Gasteiger partial charge in [-0.05, 0) is 15.9 Å². The van der Waals surface area contributed by atoms with E-state index in [2.05, 4.69) is 4.74 Å². The summed E-state index contributed by atoms with van der Waals surface area (Å²) < 4.78 is 123. The molecule has 0 amide bonds. The Labute approximate surface area is 101 Å². The van der Waals surface area contributed by atoms with Gasteiger partial charge in [-0.2, -0.15) is 39.5 Å². The fraction of sp³-hybridized carbons (Fsp3) is 0.667. The monoisotopic (exact) mass is 358 g/mol. The van der Waals surface area contributed by atoms with E-state index in [4.69, 9.17) is 0 Å². The van der Waals surface area contributed by atoms with Crippen LogP contribution in [0.15, 0.2) is 12.1 Å². The van der Waals surface area contributed by atoms with Gasteiger partial charge in [0, 0.05) is 0 Å². The molecule has 0 rings (SSSR count). The summed E-state index contributed by atoms with van der Waals surface area (Å²) in [6.07, 6.45) is -14.9. The first-order valence-corrected chi connectivity index (χ1v) is 4.39. The zero-order valence-corrected chi connectivity index (χ0v) is 9.23. The quantitative estimate of drug-likeness (QED) is 0.405. The molecular weight excluding hydrogens is 358 g/mol. The molecule has 2 atom stereocenters. The second-order valence-electron chi connectivity index (χ2n) is 2.68. The molecule has 0 radical (unpaired) electrons. The second kappa shape index (κ2) is 5.13. The van der Waals surface area contributed by atoms with Crippen LogP contribution >= 0.6 is 15.9 Å². The maximum atomic E-state index is 13.1. The van der Waals surface area contributed by atoms with Crippen LogP contribution in [0.3, 0.4) is 0 Å². The topological polar surface area (TPSA) is 9.23 Å². The van der Waals surface area contributed by atoms with Gasteiger partial charge in [-0.3, -0.25) is 0 Å². The van der Waals surface area contributed by atoms with E-state index in [1.165, 1.54) is 0 Å². The molecule has 0 bridgehead atoms. The third-order valence-corrected chi connectivity index (χ3v) is 1.93. The summed E-state index contributed by atoms with van der Waals surface area (Å²) in [6, 6.07) is -3.40. The van der Waals surface area contributed by atoms with E-state index in [1.54, 1.807) is 0 Å². The number of halogens is 11. The lowest BCUT2D eigenvalue weighted by Crippen LogP contribution is -2.55. The molecule has 0 saturated heterocycles. The van der Waals surface area contributed by atoms with Crippen LogP contribution in [0.4, 0.5) is 43.9 Å². The standard InChI is InChI=1S/C6HBrF10O/c7-6(16,17)4(12,3(11)5(13,14)15)18-2(10)1(8)9/h3H. The lowest BCUT2D eigenvalue weighted by Gasteiger charge is -2.32. The largest absolute Gasteiger partial charge is 0.426 e. The van der Waals surface area contributed by atoms with E-state index in [0.29, 0.717) is 0 Å². The van der Waals surface area contributed by atoms with Gasteiger partial charge >= 0.3 is 29.0 Å². The lowest BCUT2D eigenvalue weighted by atomic mass is 10.2. The van der Waals surface area contributed by atoms with Crippen LogP contribution in [0, 0.1) is 0 Å². The molecule has 0 aliphatic carbocycles. The van der Waals surface area contributed by atoms with Crippen LogP contribution in [0.5, 0.6) is 0 Å². The molecule has 0 aromatic heterocycles. The van der Waals surface area contributed by atoms with Gasteiger partial charge in [0.05, 0.1) is 0 Å². The molecule has 0 heterocycles. The molecular formula is C6HBrF10O. The molecule has 12 heteroatoms. The van der Waals surface area contributed by atoms with Gasteiger partial charge in [0.2, 0.25) is 0 Å². The van der Waals surface area contributed by atoms with Gasteiger partial charge in [0.25, 0.3) is 6.17 Å². The summed E-state index contributed by atoms with van der Waals surface area (Å²) in [6.45, 7) is 0. The number of alkyl halides is 8. The van der Waals surface area contributed by atoms with E-state index in [-0.39, 0.29) is 0 Å². The van der Waals surface area contributed by atoms with E-state index >= 15 is 0 Å². The molecule has 0 saturated carbocycles. The summed E-state index contributed by atoms with van der Waals surface area (Å²) in [5, 5.41) is 0. The molecule has 1 nitrogen and oxygen atoms in total. The fourth-order valence-electron chi connectivity index (χ4n) is 0.633. The maximum Gasteiger partial charge on any atom is 0.426 e. The molecule has 0 aliphatic heterocycles. The third kappa shape index (κ3) is 3.65. The SMILES string of the molecule is FC(F)=C(F)OC(F)(C(F)C(F)(F)F)C(F)(F)Br. The summed E-state index contributed by atoms with van der Waals surface area (Å²) in [5.41, 5.74) is 0. The van der Waals surface area contributed by atoms with Crippen molar-refractivity contribution in [2.75, 3.05) is 0 Å². The van der Waals surface area contributed by atoms with Crippen molar-refractivity contribution < 1.29 is 48.6 Å². The van der Waals surface area contributed by atoms with Crippen LogP contribution in [0.25, 0.3) is 0 Å². The first kappa shape index (κ1) is 17.3. The van der Waals surface area contributed by atoms with Crippen molar-refractivity contribution in [3.05, 3.63) is 12.1 Å². The Hall–Kier alpha value is -0.680. The number of hydrogen-bond acceptors (Lipinski definition) is 1. The van der Waals surface area contributed by atoms with E-state index in [9.17, 15) is 43.9 Å². The van der Waals surface area contributed by atoms with E-state index < -0.39 is 35.1 Å². The molecule has 0 aliphatic rings.